The number of imidazole rings is 1. The maximum absolute atomic E-state index is 13.3. The van der Waals surface area contributed by atoms with Crippen molar-refractivity contribution in [2.75, 3.05) is 26.2 Å². The standard InChI is InChI=1S/C29H35Cl2N7O6S.Li/c1-2-26-34-22-15-32-8-5-24(22)37(26)17-18-6-10-36(11-7-18)29(42)33-16-23(28(40)41)35-27(39)25-4-3-9-38(25)45(43,44)21-13-19(30)12-20(31)14-21;/h5,8,12-15,18,23,25H,2-4,6-7,9-11,16-17H2,1H3,(H,33,42)(H,35,39)(H,40,41);/q;+1/p-1/t23-,25-;/m0./s1. The molecule has 1 aromatic carbocycles. The molecule has 5 rings (SSSR count). The van der Waals surface area contributed by atoms with Crippen LogP contribution in [0.2, 0.25) is 10.0 Å². The molecule has 13 nitrogen and oxygen atoms in total. The first kappa shape index (κ1) is 36.0. The van der Waals surface area contributed by atoms with Crippen LogP contribution in [0.1, 0.15) is 38.4 Å². The van der Waals surface area contributed by atoms with E-state index in [0.29, 0.717) is 25.4 Å². The predicted octanol–water partition coefficient (Wildman–Crippen LogP) is -1.19. The fourth-order valence-electron chi connectivity index (χ4n) is 5.95. The van der Waals surface area contributed by atoms with Gasteiger partial charge in [-0.25, -0.2) is 18.2 Å². The van der Waals surface area contributed by atoms with Gasteiger partial charge >= 0.3 is 24.9 Å². The SMILES string of the molecule is CCc1nc2cnccc2n1CC1CCN(C(=O)NC[C@H](NC(=O)[C@@H]2CCCN2S(=O)(=O)c2cc(Cl)cc(Cl)c2)C(=O)[O-])CC1.[Li+]. The maximum Gasteiger partial charge on any atom is 1.00 e. The molecule has 17 heteroatoms. The Bertz CT molecular complexity index is 1680. The van der Waals surface area contributed by atoms with Crippen molar-refractivity contribution in [3.05, 3.63) is 52.5 Å². The maximum atomic E-state index is 13.3. The molecule has 2 aliphatic rings. The summed E-state index contributed by atoms with van der Waals surface area (Å²) in [7, 11) is -4.15. The Balaban J connectivity index is 0.00000480. The summed E-state index contributed by atoms with van der Waals surface area (Å²) in [4.78, 5) is 48.2. The molecule has 0 radical (unpaired) electrons. The molecule has 0 saturated carbocycles. The van der Waals surface area contributed by atoms with Crippen molar-refractivity contribution in [2.24, 2.45) is 5.92 Å². The molecule has 2 aromatic heterocycles. The molecule has 2 N–H and O–H groups in total. The van der Waals surface area contributed by atoms with Crippen molar-refractivity contribution in [3.8, 4) is 0 Å². The molecule has 0 unspecified atom stereocenters. The number of benzene rings is 1. The fraction of sp³-hybridized carbons (Fsp3) is 0.483. The molecule has 0 bridgehead atoms. The number of pyridine rings is 1. The van der Waals surface area contributed by atoms with Crippen molar-refractivity contribution in [3.63, 3.8) is 0 Å². The van der Waals surface area contributed by atoms with E-state index in [2.05, 4.69) is 32.1 Å². The molecule has 3 amide bonds. The minimum atomic E-state index is -4.15. The van der Waals surface area contributed by atoms with Gasteiger partial charge in [0.15, 0.2) is 0 Å². The van der Waals surface area contributed by atoms with Crippen LogP contribution in [0, 0.1) is 5.92 Å². The van der Waals surface area contributed by atoms with E-state index in [1.165, 1.54) is 18.2 Å². The van der Waals surface area contributed by atoms with Crippen LogP contribution in [0.15, 0.2) is 41.6 Å². The normalized spacial score (nSPS) is 18.2. The number of rotatable bonds is 10. The number of sulfonamides is 1. The second-order valence-electron chi connectivity index (χ2n) is 11.2. The summed E-state index contributed by atoms with van der Waals surface area (Å²) in [5.41, 5.74) is 1.89. The third-order valence-electron chi connectivity index (χ3n) is 8.30. The van der Waals surface area contributed by atoms with E-state index in [0.717, 1.165) is 47.0 Å². The van der Waals surface area contributed by atoms with E-state index < -0.39 is 46.6 Å². The molecule has 2 aliphatic heterocycles. The molecule has 0 spiro atoms. The third kappa shape index (κ3) is 7.98. The van der Waals surface area contributed by atoms with Crippen molar-refractivity contribution in [1.82, 2.24) is 34.4 Å². The van der Waals surface area contributed by atoms with Gasteiger partial charge in [0.05, 0.1) is 28.6 Å². The molecule has 2 saturated heterocycles. The minimum absolute atomic E-state index is 0. The number of nitrogens with zero attached hydrogens (tertiary/aromatic N) is 5. The first-order valence-electron chi connectivity index (χ1n) is 14.8. The van der Waals surface area contributed by atoms with Crippen molar-refractivity contribution < 1.29 is 46.8 Å². The second kappa shape index (κ2) is 15.4. The number of hydrogen-bond acceptors (Lipinski definition) is 8. The van der Waals surface area contributed by atoms with Gasteiger partial charge in [0, 0.05) is 55.4 Å². The molecular weight excluding hydrogens is 652 g/mol. The van der Waals surface area contributed by atoms with E-state index >= 15 is 0 Å². The first-order valence-corrected chi connectivity index (χ1v) is 17.0. The number of urea groups is 1. The summed E-state index contributed by atoms with van der Waals surface area (Å²) >= 11 is 12.0. The molecule has 4 heterocycles. The van der Waals surface area contributed by atoms with Crippen LogP contribution >= 0.6 is 23.2 Å². The summed E-state index contributed by atoms with van der Waals surface area (Å²) in [6, 6.07) is 2.64. The van der Waals surface area contributed by atoms with Gasteiger partial charge < -0.3 is 30.0 Å². The van der Waals surface area contributed by atoms with Crippen molar-refractivity contribution in [1.29, 1.82) is 0 Å². The van der Waals surface area contributed by atoms with Gasteiger partial charge in [-0.2, -0.15) is 4.31 Å². The number of aromatic nitrogens is 3. The minimum Gasteiger partial charge on any atom is -0.548 e. The van der Waals surface area contributed by atoms with Crippen LogP contribution < -0.4 is 34.6 Å². The number of amides is 3. The van der Waals surface area contributed by atoms with Crippen LogP contribution in [-0.2, 0) is 32.6 Å². The Morgan fingerprint density at radius 2 is 1.78 bits per heavy atom. The largest absolute Gasteiger partial charge is 1.00 e. The number of fused-ring (bicyclic) bond motifs is 1. The van der Waals surface area contributed by atoms with Crippen LogP contribution in [0.4, 0.5) is 4.79 Å². The average molecular weight is 687 g/mol. The molecule has 2 fully saturated rings. The number of nitrogens with one attached hydrogen (secondary N) is 2. The molecule has 2 atom stereocenters. The molecule has 0 aliphatic carbocycles. The quantitative estimate of drug-likeness (QED) is 0.251. The number of carboxylic acid groups (broad SMARTS) is 1. The number of aryl methyl sites for hydroxylation is 1. The van der Waals surface area contributed by atoms with Crippen LogP contribution in [0.25, 0.3) is 11.0 Å². The number of carbonyl (C=O) groups excluding carboxylic acids is 3. The van der Waals surface area contributed by atoms with Gasteiger partial charge in [-0.1, -0.05) is 30.1 Å². The molecule has 3 aromatic rings. The van der Waals surface area contributed by atoms with Crippen molar-refractivity contribution >= 4 is 62.2 Å². The Morgan fingerprint density at radius 3 is 2.43 bits per heavy atom. The summed E-state index contributed by atoms with van der Waals surface area (Å²) in [6.45, 7) is 3.43. The number of carboxylic acids is 1. The monoisotopic (exact) mass is 685 g/mol. The van der Waals surface area contributed by atoms with E-state index in [-0.39, 0.29) is 46.8 Å². The van der Waals surface area contributed by atoms with E-state index in [1.807, 2.05) is 6.07 Å². The predicted molar refractivity (Wildman–Crippen MR) is 165 cm³/mol. The first-order chi connectivity index (χ1) is 21.5. The summed E-state index contributed by atoms with van der Waals surface area (Å²) in [5.74, 6) is -1.09. The van der Waals surface area contributed by atoms with E-state index in [4.69, 9.17) is 23.2 Å². The van der Waals surface area contributed by atoms with E-state index in [9.17, 15) is 27.9 Å². The zero-order chi connectivity index (χ0) is 32.3. The fourth-order valence-corrected chi connectivity index (χ4v) is 8.33. The van der Waals surface area contributed by atoms with Crippen LogP contribution in [0.5, 0.6) is 0 Å². The summed E-state index contributed by atoms with van der Waals surface area (Å²) in [5, 5.41) is 17.1. The van der Waals surface area contributed by atoms with Gasteiger partial charge in [0.1, 0.15) is 17.4 Å². The molecule has 242 valence electrons. The zero-order valence-corrected chi connectivity index (χ0v) is 27.9. The summed E-state index contributed by atoms with van der Waals surface area (Å²) in [6.07, 6.45) is 6.38. The van der Waals surface area contributed by atoms with Gasteiger partial charge in [0.25, 0.3) is 0 Å². The Morgan fingerprint density at radius 1 is 1.09 bits per heavy atom. The average Bonchev–Trinajstić information content (AvgIpc) is 3.65. The Labute approximate surface area is 289 Å². The number of likely N-dealkylation sites (tertiary alicyclic amines) is 1. The van der Waals surface area contributed by atoms with Gasteiger partial charge in [0.2, 0.25) is 15.9 Å². The van der Waals surface area contributed by atoms with Gasteiger partial charge in [-0.15, -0.1) is 0 Å². The number of aliphatic carboxylic acids is 1. The number of carbonyl (C=O) groups is 3. The number of halogens is 2. The summed E-state index contributed by atoms with van der Waals surface area (Å²) < 4.78 is 29.8. The smallest absolute Gasteiger partial charge is 0.548 e. The third-order valence-corrected chi connectivity index (χ3v) is 10.6. The number of hydrogen-bond donors (Lipinski definition) is 2. The second-order valence-corrected chi connectivity index (χ2v) is 14.0. The zero-order valence-electron chi connectivity index (χ0n) is 25.6. The van der Waals surface area contributed by atoms with Crippen molar-refractivity contribution in [2.45, 2.75) is 62.6 Å². The Kier molecular flexibility index (Phi) is 12.0. The van der Waals surface area contributed by atoms with Gasteiger partial charge in [-0.3, -0.25) is 9.78 Å². The molecule has 46 heavy (non-hydrogen) atoms. The Hall–Kier alpha value is -2.86. The van der Waals surface area contributed by atoms with Gasteiger partial charge in [-0.05, 0) is 55.9 Å². The van der Waals surface area contributed by atoms with E-state index in [1.54, 1.807) is 17.3 Å². The number of piperidine rings is 1. The molecular formula is C29H34Cl2LiN7O6S. The van der Waals surface area contributed by atoms with Crippen LogP contribution in [-0.4, -0.2) is 88.3 Å². The topological polar surface area (TPSA) is 170 Å². The van der Waals surface area contributed by atoms with Crippen LogP contribution in [0.3, 0.4) is 0 Å².